The molecule has 0 unspecified atom stereocenters. The number of anilines is 1. The summed E-state index contributed by atoms with van der Waals surface area (Å²) in [6, 6.07) is 7.28. The van der Waals surface area contributed by atoms with Crippen LogP contribution in [0.3, 0.4) is 0 Å². The summed E-state index contributed by atoms with van der Waals surface area (Å²) in [4.78, 5) is 0. The topological polar surface area (TPSA) is 42.8 Å². The Labute approximate surface area is 87.5 Å². The first kappa shape index (κ1) is 10.7. The molecular weight excluding hydrogens is 204 g/mol. The molecule has 14 heavy (non-hydrogen) atoms. The Morgan fingerprint density at radius 3 is 2.43 bits per heavy atom. The van der Waals surface area contributed by atoms with Crippen molar-refractivity contribution >= 4 is 22.6 Å². The van der Waals surface area contributed by atoms with Gasteiger partial charge in [-0.2, -0.15) is 0 Å². The van der Waals surface area contributed by atoms with E-state index in [2.05, 4.69) is 15.3 Å². The fourth-order valence-electron chi connectivity index (χ4n) is 0.820. The number of ether oxygens (including phenoxy) is 2. The van der Waals surface area contributed by atoms with Gasteiger partial charge in [0.15, 0.2) is 0 Å². The molecule has 0 saturated carbocycles. The summed E-state index contributed by atoms with van der Waals surface area (Å²) < 4.78 is 9.65. The molecule has 0 spiro atoms. The molecule has 0 fully saturated rings. The van der Waals surface area contributed by atoms with Crippen molar-refractivity contribution in [1.29, 1.82) is 0 Å². The summed E-state index contributed by atoms with van der Waals surface area (Å²) in [5, 5.41) is 3.79. The van der Waals surface area contributed by atoms with Gasteiger partial charge < -0.3 is 9.47 Å². The number of nitrogens with one attached hydrogen (secondary N) is 1. The molecular formula is C9H11ClN2O2. The van der Waals surface area contributed by atoms with Gasteiger partial charge in [-0.15, -0.1) is 5.10 Å². The lowest BCUT2D eigenvalue weighted by Crippen LogP contribution is -1.96. The number of rotatable bonds is 3. The van der Waals surface area contributed by atoms with Crippen LogP contribution in [0.2, 0.25) is 0 Å². The molecule has 1 aromatic carbocycles. The zero-order valence-corrected chi connectivity index (χ0v) is 8.71. The van der Waals surface area contributed by atoms with Crippen LogP contribution in [0.4, 0.5) is 5.69 Å². The van der Waals surface area contributed by atoms with Gasteiger partial charge in [-0.1, -0.05) is 0 Å². The normalized spacial score (nSPS) is 10.9. The largest absolute Gasteiger partial charge is 0.497 e. The lowest BCUT2D eigenvalue weighted by Gasteiger charge is -2.02. The Morgan fingerprint density at radius 1 is 1.29 bits per heavy atom. The van der Waals surface area contributed by atoms with Crippen molar-refractivity contribution in [2.75, 3.05) is 19.6 Å². The summed E-state index contributed by atoms with van der Waals surface area (Å²) in [6.07, 6.45) is 0. The van der Waals surface area contributed by atoms with E-state index in [1.165, 1.54) is 7.11 Å². The molecule has 76 valence electrons. The van der Waals surface area contributed by atoms with Crippen molar-refractivity contribution in [2.45, 2.75) is 0 Å². The van der Waals surface area contributed by atoms with Gasteiger partial charge in [0, 0.05) is 0 Å². The summed E-state index contributed by atoms with van der Waals surface area (Å²) in [7, 11) is 3.06. The smallest absolute Gasteiger partial charge is 0.303 e. The van der Waals surface area contributed by atoms with Gasteiger partial charge in [0.05, 0.1) is 19.9 Å². The van der Waals surface area contributed by atoms with E-state index in [1.807, 2.05) is 24.3 Å². The van der Waals surface area contributed by atoms with Gasteiger partial charge in [-0.25, -0.2) is 0 Å². The number of hydrazone groups is 1. The number of hydrogen-bond donors (Lipinski definition) is 1. The number of benzene rings is 1. The molecule has 0 heterocycles. The van der Waals surface area contributed by atoms with E-state index in [0.717, 1.165) is 11.4 Å². The molecule has 0 aliphatic carbocycles. The van der Waals surface area contributed by atoms with Crippen molar-refractivity contribution in [2.24, 2.45) is 5.10 Å². The molecule has 5 heteroatoms. The van der Waals surface area contributed by atoms with Crippen LogP contribution in [0.1, 0.15) is 0 Å². The van der Waals surface area contributed by atoms with Crippen LogP contribution in [0, 0.1) is 0 Å². The van der Waals surface area contributed by atoms with Gasteiger partial charge >= 0.3 is 5.36 Å². The fraction of sp³-hybridized carbons (Fsp3) is 0.222. The summed E-state index contributed by atoms with van der Waals surface area (Å²) in [5.74, 6) is 0.789. The van der Waals surface area contributed by atoms with Crippen LogP contribution in [0.5, 0.6) is 5.75 Å². The number of nitrogens with zero attached hydrogens (tertiary/aromatic N) is 1. The molecule has 1 rings (SSSR count). The van der Waals surface area contributed by atoms with E-state index in [4.69, 9.17) is 16.3 Å². The van der Waals surface area contributed by atoms with E-state index >= 15 is 0 Å². The van der Waals surface area contributed by atoms with Crippen LogP contribution in [0.25, 0.3) is 0 Å². The minimum absolute atomic E-state index is 0.0563. The van der Waals surface area contributed by atoms with Gasteiger partial charge in [0.2, 0.25) is 0 Å². The van der Waals surface area contributed by atoms with Crippen molar-refractivity contribution in [3.8, 4) is 5.75 Å². The standard InChI is InChI=1S/C9H11ClN2O2/c1-13-8-5-3-7(4-6-8)11-12-9(10)14-2/h3-6,11H,1-2H3/b12-9+. The first-order valence-corrected chi connectivity index (χ1v) is 4.31. The lowest BCUT2D eigenvalue weighted by atomic mass is 10.3. The minimum Gasteiger partial charge on any atom is -0.497 e. The Bertz CT molecular complexity index is 311. The Morgan fingerprint density at radius 2 is 1.93 bits per heavy atom. The summed E-state index contributed by atoms with van der Waals surface area (Å²) in [5.41, 5.74) is 3.53. The van der Waals surface area contributed by atoms with Crippen molar-refractivity contribution in [3.63, 3.8) is 0 Å². The summed E-state index contributed by atoms with van der Waals surface area (Å²) >= 11 is 5.51. The minimum atomic E-state index is 0.0563. The van der Waals surface area contributed by atoms with Crippen LogP contribution in [0.15, 0.2) is 29.4 Å². The van der Waals surface area contributed by atoms with Crippen LogP contribution < -0.4 is 10.2 Å². The maximum Gasteiger partial charge on any atom is 0.303 e. The van der Waals surface area contributed by atoms with Crippen molar-refractivity contribution in [1.82, 2.24) is 0 Å². The molecule has 0 bridgehead atoms. The highest BCUT2D eigenvalue weighted by Crippen LogP contribution is 2.14. The maximum absolute atomic E-state index is 5.51. The van der Waals surface area contributed by atoms with Gasteiger partial charge in [-0.05, 0) is 35.9 Å². The number of hydrogen-bond acceptors (Lipinski definition) is 4. The van der Waals surface area contributed by atoms with Crippen molar-refractivity contribution < 1.29 is 9.47 Å². The molecule has 0 aliphatic heterocycles. The Hall–Kier alpha value is -1.42. The first-order valence-electron chi connectivity index (χ1n) is 3.93. The van der Waals surface area contributed by atoms with E-state index in [1.54, 1.807) is 7.11 Å². The number of methoxy groups -OCH3 is 2. The second-order valence-electron chi connectivity index (χ2n) is 2.41. The maximum atomic E-state index is 5.51. The SMILES string of the molecule is CO/C(Cl)=N/Nc1ccc(OC)cc1. The average molecular weight is 215 g/mol. The molecule has 0 radical (unpaired) electrons. The van der Waals surface area contributed by atoms with Gasteiger partial charge in [-0.3, -0.25) is 5.43 Å². The quantitative estimate of drug-likeness (QED) is 0.477. The third kappa shape index (κ3) is 3.14. The predicted octanol–water partition coefficient (Wildman–Crippen LogP) is 2.26. The number of halogens is 1. The van der Waals surface area contributed by atoms with Crippen LogP contribution >= 0.6 is 11.6 Å². The second kappa shape index (κ2) is 5.34. The van der Waals surface area contributed by atoms with E-state index in [9.17, 15) is 0 Å². The van der Waals surface area contributed by atoms with Crippen molar-refractivity contribution in [3.05, 3.63) is 24.3 Å². The molecule has 1 N–H and O–H groups in total. The average Bonchev–Trinajstić information content (AvgIpc) is 2.26. The Balaban J connectivity index is 2.60. The van der Waals surface area contributed by atoms with Gasteiger partial charge in [0.1, 0.15) is 5.75 Å². The lowest BCUT2D eigenvalue weighted by molar-refractivity contribution is 0.413. The molecule has 4 nitrogen and oxygen atoms in total. The van der Waals surface area contributed by atoms with E-state index < -0.39 is 0 Å². The third-order valence-corrected chi connectivity index (χ3v) is 1.77. The zero-order valence-electron chi connectivity index (χ0n) is 7.95. The highest BCUT2D eigenvalue weighted by molar-refractivity contribution is 6.62. The monoisotopic (exact) mass is 214 g/mol. The molecule has 0 amide bonds. The molecule has 0 aromatic heterocycles. The zero-order chi connectivity index (χ0) is 10.4. The Kier molecular flexibility index (Phi) is 4.07. The van der Waals surface area contributed by atoms with E-state index in [0.29, 0.717) is 0 Å². The van der Waals surface area contributed by atoms with Gasteiger partial charge in [0.25, 0.3) is 0 Å². The third-order valence-electron chi connectivity index (χ3n) is 1.53. The van der Waals surface area contributed by atoms with Crippen LogP contribution in [-0.2, 0) is 4.74 Å². The summed E-state index contributed by atoms with van der Waals surface area (Å²) in [6.45, 7) is 0. The first-order chi connectivity index (χ1) is 6.76. The molecule has 0 saturated heterocycles. The molecule has 1 aromatic rings. The molecule has 0 atom stereocenters. The van der Waals surface area contributed by atoms with Crippen LogP contribution in [-0.4, -0.2) is 19.6 Å². The molecule has 0 aliphatic rings. The fourth-order valence-corrected chi connectivity index (χ4v) is 0.862. The highest BCUT2D eigenvalue weighted by Gasteiger charge is 1.93. The van der Waals surface area contributed by atoms with E-state index in [-0.39, 0.29) is 5.36 Å². The second-order valence-corrected chi connectivity index (χ2v) is 2.73. The highest BCUT2D eigenvalue weighted by atomic mass is 35.5. The predicted molar refractivity (Wildman–Crippen MR) is 56.9 cm³/mol.